The molecule has 3 heteroatoms. The maximum atomic E-state index is 5.92. The molecular weight excluding hydrogens is 198 g/mol. The van der Waals surface area contributed by atoms with E-state index in [1.54, 1.807) is 0 Å². The lowest BCUT2D eigenvalue weighted by Gasteiger charge is -2.21. The average molecular weight is 219 g/mol. The van der Waals surface area contributed by atoms with Crippen molar-refractivity contribution in [2.24, 2.45) is 5.73 Å². The van der Waals surface area contributed by atoms with Crippen LogP contribution in [0.3, 0.4) is 0 Å². The molecule has 1 aromatic rings. The first-order chi connectivity index (χ1) is 7.72. The summed E-state index contributed by atoms with van der Waals surface area (Å²) in [4.78, 5) is 6.61. The maximum Gasteiger partial charge on any atom is 0.0572 e. The number of nitrogens with zero attached hydrogens (tertiary/aromatic N) is 2. The second-order valence-corrected chi connectivity index (χ2v) is 3.78. The summed E-state index contributed by atoms with van der Waals surface area (Å²) in [7, 11) is 0. The molecule has 0 aromatic carbocycles. The predicted molar refractivity (Wildman–Crippen MR) is 69.5 cm³/mol. The van der Waals surface area contributed by atoms with E-state index in [4.69, 9.17) is 5.73 Å². The molecule has 88 valence electrons. The van der Waals surface area contributed by atoms with Gasteiger partial charge in [0, 0.05) is 19.1 Å². The summed E-state index contributed by atoms with van der Waals surface area (Å²) in [6, 6.07) is 4.13. The van der Waals surface area contributed by atoms with Gasteiger partial charge in [-0.3, -0.25) is 4.98 Å². The van der Waals surface area contributed by atoms with Crippen molar-refractivity contribution in [2.75, 3.05) is 18.0 Å². The van der Waals surface area contributed by atoms with Crippen molar-refractivity contribution >= 4 is 5.69 Å². The fraction of sp³-hybridized carbons (Fsp3) is 0.462. The van der Waals surface area contributed by atoms with Crippen molar-refractivity contribution in [3.8, 4) is 0 Å². The lowest BCUT2D eigenvalue weighted by molar-refractivity contribution is 0.675. The maximum absolute atomic E-state index is 5.92. The second kappa shape index (κ2) is 6.28. The van der Waals surface area contributed by atoms with Gasteiger partial charge in [0.2, 0.25) is 0 Å². The molecule has 0 saturated heterocycles. The molecule has 0 fully saturated rings. The van der Waals surface area contributed by atoms with E-state index in [1.807, 2.05) is 18.3 Å². The highest BCUT2D eigenvalue weighted by Gasteiger charge is 2.06. The van der Waals surface area contributed by atoms with Crippen molar-refractivity contribution in [1.29, 1.82) is 0 Å². The van der Waals surface area contributed by atoms with Gasteiger partial charge in [-0.1, -0.05) is 13.0 Å². The number of aromatic nitrogens is 1. The van der Waals surface area contributed by atoms with E-state index in [9.17, 15) is 0 Å². The van der Waals surface area contributed by atoms with Gasteiger partial charge >= 0.3 is 0 Å². The summed E-state index contributed by atoms with van der Waals surface area (Å²) >= 11 is 0. The van der Waals surface area contributed by atoms with Crippen molar-refractivity contribution in [3.63, 3.8) is 0 Å². The van der Waals surface area contributed by atoms with Gasteiger partial charge in [-0.05, 0) is 25.5 Å². The van der Waals surface area contributed by atoms with E-state index >= 15 is 0 Å². The SMILES string of the molecule is C=CCN(CC)c1ccc([C@H](N)CC)nc1. The molecule has 1 atom stereocenters. The lowest BCUT2D eigenvalue weighted by atomic mass is 10.1. The van der Waals surface area contributed by atoms with E-state index in [2.05, 4.69) is 36.4 Å². The summed E-state index contributed by atoms with van der Waals surface area (Å²) in [6.45, 7) is 9.73. The van der Waals surface area contributed by atoms with Crippen LogP contribution in [0.5, 0.6) is 0 Å². The van der Waals surface area contributed by atoms with Crippen LogP contribution in [0.25, 0.3) is 0 Å². The molecule has 1 rings (SSSR count). The molecule has 0 bridgehead atoms. The van der Waals surface area contributed by atoms with Gasteiger partial charge in [-0.15, -0.1) is 6.58 Å². The van der Waals surface area contributed by atoms with E-state index in [-0.39, 0.29) is 6.04 Å². The zero-order valence-electron chi connectivity index (χ0n) is 10.2. The van der Waals surface area contributed by atoms with Gasteiger partial charge in [0.15, 0.2) is 0 Å². The minimum Gasteiger partial charge on any atom is -0.367 e. The van der Waals surface area contributed by atoms with E-state index < -0.39 is 0 Å². The van der Waals surface area contributed by atoms with E-state index in [0.29, 0.717) is 0 Å². The van der Waals surface area contributed by atoms with E-state index in [0.717, 1.165) is 30.9 Å². The number of nitrogens with two attached hydrogens (primary N) is 1. The van der Waals surface area contributed by atoms with Crippen LogP contribution >= 0.6 is 0 Å². The van der Waals surface area contributed by atoms with Crippen LogP contribution < -0.4 is 10.6 Å². The summed E-state index contributed by atoms with van der Waals surface area (Å²) < 4.78 is 0. The Kier molecular flexibility index (Phi) is 4.99. The largest absolute Gasteiger partial charge is 0.367 e. The molecule has 2 N–H and O–H groups in total. The van der Waals surface area contributed by atoms with Crippen LogP contribution in [0, 0.1) is 0 Å². The molecule has 0 radical (unpaired) electrons. The molecule has 0 amide bonds. The summed E-state index contributed by atoms with van der Waals surface area (Å²) in [6.07, 6.45) is 4.70. The van der Waals surface area contributed by atoms with Crippen LogP contribution in [-0.4, -0.2) is 18.1 Å². The molecule has 0 unspecified atom stereocenters. The zero-order chi connectivity index (χ0) is 12.0. The first-order valence-corrected chi connectivity index (χ1v) is 5.80. The van der Waals surface area contributed by atoms with Gasteiger partial charge in [0.25, 0.3) is 0 Å². The van der Waals surface area contributed by atoms with Crippen LogP contribution in [0.2, 0.25) is 0 Å². The van der Waals surface area contributed by atoms with Crippen LogP contribution in [0.15, 0.2) is 31.0 Å². The number of hydrogen-bond donors (Lipinski definition) is 1. The topological polar surface area (TPSA) is 42.1 Å². The Morgan fingerprint density at radius 2 is 2.25 bits per heavy atom. The average Bonchev–Trinajstić information content (AvgIpc) is 2.35. The Labute approximate surface area is 98.0 Å². The highest BCUT2D eigenvalue weighted by atomic mass is 15.1. The van der Waals surface area contributed by atoms with Crippen molar-refractivity contribution < 1.29 is 0 Å². The van der Waals surface area contributed by atoms with Crippen LogP contribution in [0.4, 0.5) is 5.69 Å². The summed E-state index contributed by atoms with van der Waals surface area (Å²) in [5.41, 5.74) is 8.00. The summed E-state index contributed by atoms with van der Waals surface area (Å²) in [5.74, 6) is 0. The number of pyridine rings is 1. The minimum absolute atomic E-state index is 0.0449. The van der Waals surface area contributed by atoms with Crippen molar-refractivity contribution in [2.45, 2.75) is 26.3 Å². The van der Waals surface area contributed by atoms with Crippen LogP contribution in [-0.2, 0) is 0 Å². The molecule has 0 aliphatic heterocycles. The zero-order valence-corrected chi connectivity index (χ0v) is 10.2. The highest BCUT2D eigenvalue weighted by molar-refractivity contribution is 5.45. The quantitative estimate of drug-likeness (QED) is 0.747. The standard InChI is InChI=1S/C13H21N3/c1-4-9-16(6-3)11-7-8-13(15-10-11)12(14)5-2/h4,7-8,10,12H,1,5-6,9,14H2,2-3H3/t12-/m1/s1. The number of rotatable bonds is 6. The van der Waals surface area contributed by atoms with Gasteiger partial charge in [0.05, 0.1) is 17.6 Å². The van der Waals surface area contributed by atoms with Gasteiger partial charge in [-0.25, -0.2) is 0 Å². The first kappa shape index (κ1) is 12.7. The number of likely N-dealkylation sites (N-methyl/N-ethyl adjacent to an activating group) is 1. The summed E-state index contributed by atoms with van der Waals surface area (Å²) in [5, 5.41) is 0. The third-order valence-corrected chi connectivity index (χ3v) is 2.69. The molecule has 0 aliphatic rings. The van der Waals surface area contributed by atoms with Crippen molar-refractivity contribution in [1.82, 2.24) is 4.98 Å². The molecular formula is C13H21N3. The Balaban J connectivity index is 2.80. The Hall–Kier alpha value is -1.35. The van der Waals surface area contributed by atoms with Gasteiger partial charge in [0.1, 0.15) is 0 Å². The van der Waals surface area contributed by atoms with Crippen molar-refractivity contribution in [3.05, 3.63) is 36.7 Å². The lowest BCUT2D eigenvalue weighted by Crippen LogP contribution is -2.22. The van der Waals surface area contributed by atoms with Gasteiger partial charge < -0.3 is 10.6 Å². The number of anilines is 1. The third-order valence-electron chi connectivity index (χ3n) is 2.69. The van der Waals surface area contributed by atoms with Gasteiger partial charge in [-0.2, -0.15) is 0 Å². The Morgan fingerprint density at radius 3 is 2.69 bits per heavy atom. The molecule has 0 saturated carbocycles. The van der Waals surface area contributed by atoms with E-state index in [1.165, 1.54) is 0 Å². The Bertz CT molecular complexity index is 318. The third kappa shape index (κ3) is 3.07. The fourth-order valence-electron chi connectivity index (χ4n) is 1.59. The second-order valence-electron chi connectivity index (χ2n) is 3.78. The molecule has 0 spiro atoms. The first-order valence-electron chi connectivity index (χ1n) is 5.80. The Morgan fingerprint density at radius 1 is 1.50 bits per heavy atom. The smallest absolute Gasteiger partial charge is 0.0572 e. The fourth-order valence-corrected chi connectivity index (χ4v) is 1.59. The molecule has 1 aromatic heterocycles. The predicted octanol–water partition coefficient (Wildman–Crippen LogP) is 2.50. The molecule has 3 nitrogen and oxygen atoms in total. The van der Waals surface area contributed by atoms with Crippen LogP contribution in [0.1, 0.15) is 32.0 Å². The molecule has 0 aliphatic carbocycles. The minimum atomic E-state index is 0.0449. The monoisotopic (exact) mass is 219 g/mol. The molecule has 16 heavy (non-hydrogen) atoms. The number of hydrogen-bond acceptors (Lipinski definition) is 3. The molecule has 1 heterocycles. The normalized spacial score (nSPS) is 12.2. The highest BCUT2D eigenvalue weighted by Crippen LogP contribution is 2.16.